The maximum Gasteiger partial charge on any atom is 0.264 e. The van der Waals surface area contributed by atoms with Gasteiger partial charge in [-0.3, -0.25) is 4.55 Å². The second-order valence-corrected chi connectivity index (χ2v) is 6.19. The van der Waals surface area contributed by atoms with Gasteiger partial charge in [0.15, 0.2) is 0 Å². The molecule has 0 unspecified atom stereocenters. The van der Waals surface area contributed by atoms with Crippen LogP contribution in [0.3, 0.4) is 0 Å². The van der Waals surface area contributed by atoms with Gasteiger partial charge in [-0.25, -0.2) is 0 Å². The summed E-state index contributed by atoms with van der Waals surface area (Å²) in [6.07, 6.45) is 6.30. The largest absolute Gasteiger partial charge is 0.316 e. The molecule has 0 heterocycles. The number of nitrogens with one attached hydrogen (secondary N) is 1. The fraction of sp³-hybridized carbons (Fsp3) is 1.00. The van der Waals surface area contributed by atoms with Crippen LogP contribution < -0.4 is 5.32 Å². The Kier molecular flexibility index (Phi) is 9.78. The zero-order chi connectivity index (χ0) is 13.1. The predicted molar refractivity (Wildman–Crippen MR) is 71.8 cm³/mol. The van der Waals surface area contributed by atoms with E-state index in [0.29, 0.717) is 6.42 Å². The van der Waals surface area contributed by atoms with Crippen molar-refractivity contribution in [1.82, 2.24) is 5.32 Å². The monoisotopic (exact) mass is 265 g/mol. The van der Waals surface area contributed by atoms with Crippen LogP contribution in [-0.4, -0.2) is 31.8 Å². The molecule has 0 fully saturated rings. The molecule has 0 aliphatic heterocycles. The van der Waals surface area contributed by atoms with Gasteiger partial charge < -0.3 is 5.32 Å². The highest BCUT2D eigenvalue weighted by Gasteiger charge is 2.05. The highest BCUT2D eigenvalue weighted by molar-refractivity contribution is 7.85. The van der Waals surface area contributed by atoms with Crippen LogP contribution in [0.15, 0.2) is 0 Å². The molecule has 0 spiro atoms. The summed E-state index contributed by atoms with van der Waals surface area (Å²) in [5.74, 6) is 0.610. The maximum atomic E-state index is 10.5. The molecule has 0 rings (SSSR count). The Morgan fingerprint density at radius 3 is 2.41 bits per heavy atom. The summed E-state index contributed by atoms with van der Waals surface area (Å²) >= 11 is 0. The van der Waals surface area contributed by atoms with Gasteiger partial charge in [-0.2, -0.15) is 8.42 Å². The predicted octanol–water partition coefficient (Wildman–Crippen LogP) is 2.46. The number of unbranched alkanes of at least 4 members (excludes halogenated alkanes) is 2. The molecular formula is C12H27NO3S. The molecule has 0 saturated heterocycles. The van der Waals surface area contributed by atoms with Crippen LogP contribution in [0.2, 0.25) is 0 Å². The van der Waals surface area contributed by atoms with E-state index in [-0.39, 0.29) is 5.75 Å². The molecule has 0 aromatic heterocycles. The van der Waals surface area contributed by atoms with Gasteiger partial charge in [-0.05, 0) is 38.3 Å². The van der Waals surface area contributed by atoms with Gasteiger partial charge >= 0.3 is 0 Å². The van der Waals surface area contributed by atoms with Crippen LogP contribution in [0.4, 0.5) is 0 Å². The van der Waals surface area contributed by atoms with E-state index in [1.807, 2.05) is 0 Å². The summed E-state index contributed by atoms with van der Waals surface area (Å²) in [6, 6.07) is 0. The van der Waals surface area contributed by atoms with Crippen molar-refractivity contribution in [2.24, 2.45) is 5.92 Å². The zero-order valence-corrected chi connectivity index (χ0v) is 11.9. The molecule has 0 radical (unpaired) electrons. The normalized spacial score (nSPS) is 13.8. The van der Waals surface area contributed by atoms with Crippen LogP contribution in [-0.2, 0) is 10.1 Å². The van der Waals surface area contributed by atoms with Crippen molar-refractivity contribution in [3.63, 3.8) is 0 Å². The van der Waals surface area contributed by atoms with Crippen molar-refractivity contribution in [3.8, 4) is 0 Å². The molecule has 0 bridgehead atoms. The lowest BCUT2D eigenvalue weighted by atomic mass is 9.99. The van der Waals surface area contributed by atoms with Crippen LogP contribution in [0, 0.1) is 5.92 Å². The molecule has 0 aromatic rings. The lowest BCUT2D eigenvalue weighted by Gasteiger charge is -2.15. The van der Waals surface area contributed by atoms with E-state index < -0.39 is 10.1 Å². The summed E-state index contributed by atoms with van der Waals surface area (Å²) in [4.78, 5) is 0. The Morgan fingerprint density at radius 1 is 1.18 bits per heavy atom. The Morgan fingerprint density at radius 2 is 1.88 bits per heavy atom. The second-order valence-electron chi connectivity index (χ2n) is 4.61. The Balaban J connectivity index is 3.42. The molecule has 0 saturated carbocycles. The highest BCUT2D eigenvalue weighted by Crippen LogP contribution is 2.11. The first-order valence-electron chi connectivity index (χ1n) is 6.65. The molecule has 4 nitrogen and oxygen atoms in total. The third-order valence-corrected chi connectivity index (χ3v) is 3.79. The molecule has 0 amide bonds. The van der Waals surface area contributed by atoms with Gasteiger partial charge in [0.25, 0.3) is 10.1 Å². The van der Waals surface area contributed by atoms with Gasteiger partial charge in [0.05, 0.1) is 5.75 Å². The van der Waals surface area contributed by atoms with E-state index in [9.17, 15) is 8.42 Å². The summed E-state index contributed by atoms with van der Waals surface area (Å²) in [5, 5.41) is 3.36. The first-order chi connectivity index (χ1) is 7.99. The number of hydrogen-bond donors (Lipinski definition) is 2. The minimum Gasteiger partial charge on any atom is -0.316 e. The Labute approximate surface area is 106 Å². The number of rotatable bonds is 11. The minimum atomic E-state index is -3.77. The van der Waals surface area contributed by atoms with Gasteiger partial charge in [0, 0.05) is 0 Å². The van der Waals surface area contributed by atoms with E-state index in [1.54, 1.807) is 0 Å². The van der Waals surface area contributed by atoms with Crippen molar-refractivity contribution in [2.75, 3.05) is 18.8 Å². The third kappa shape index (κ3) is 12.1. The summed E-state index contributed by atoms with van der Waals surface area (Å²) < 4.78 is 29.5. The highest BCUT2D eigenvalue weighted by atomic mass is 32.2. The Hall–Kier alpha value is -0.130. The summed E-state index contributed by atoms with van der Waals surface area (Å²) in [6.45, 7) is 6.26. The zero-order valence-electron chi connectivity index (χ0n) is 11.1. The quantitative estimate of drug-likeness (QED) is 0.445. The van der Waals surface area contributed by atoms with Gasteiger partial charge in [0.1, 0.15) is 0 Å². The van der Waals surface area contributed by atoms with E-state index >= 15 is 0 Å². The lowest BCUT2D eigenvalue weighted by Crippen LogP contribution is -2.24. The fourth-order valence-electron chi connectivity index (χ4n) is 1.78. The van der Waals surface area contributed by atoms with Gasteiger partial charge in [-0.1, -0.05) is 33.1 Å². The van der Waals surface area contributed by atoms with Gasteiger partial charge in [0.2, 0.25) is 0 Å². The van der Waals surface area contributed by atoms with Crippen molar-refractivity contribution in [1.29, 1.82) is 0 Å². The lowest BCUT2D eigenvalue weighted by molar-refractivity contribution is 0.417. The topological polar surface area (TPSA) is 66.4 Å². The molecule has 1 atom stereocenters. The average molecular weight is 265 g/mol. The van der Waals surface area contributed by atoms with E-state index in [0.717, 1.165) is 25.4 Å². The second kappa shape index (κ2) is 9.85. The van der Waals surface area contributed by atoms with Crippen molar-refractivity contribution >= 4 is 10.1 Å². The minimum absolute atomic E-state index is 0.123. The molecule has 104 valence electrons. The first kappa shape index (κ1) is 16.9. The van der Waals surface area contributed by atoms with Crippen LogP contribution in [0.1, 0.15) is 52.4 Å². The summed E-state index contributed by atoms with van der Waals surface area (Å²) in [5.41, 5.74) is 0. The van der Waals surface area contributed by atoms with Crippen molar-refractivity contribution in [3.05, 3.63) is 0 Å². The number of hydrogen-bond acceptors (Lipinski definition) is 3. The molecule has 0 aromatic carbocycles. The van der Waals surface area contributed by atoms with Gasteiger partial charge in [-0.15, -0.1) is 0 Å². The van der Waals surface area contributed by atoms with Crippen LogP contribution in [0.25, 0.3) is 0 Å². The Bertz CT molecular complexity index is 265. The van der Waals surface area contributed by atoms with Crippen LogP contribution >= 0.6 is 0 Å². The van der Waals surface area contributed by atoms with Crippen molar-refractivity contribution in [2.45, 2.75) is 52.4 Å². The standard InChI is InChI=1S/C12H27NO3S/c1-3-5-8-12(4-2)11-13-9-6-7-10-17(14,15)16/h12-13H,3-11H2,1-2H3,(H,14,15,16)/t12-/m0/s1. The summed E-state index contributed by atoms with van der Waals surface area (Å²) in [7, 11) is -3.77. The average Bonchev–Trinajstić information content (AvgIpc) is 2.25. The maximum absolute atomic E-state index is 10.5. The first-order valence-corrected chi connectivity index (χ1v) is 8.26. The molecule has 0 aliphatic rings. The molecule has 0 aliphatic carbocycles. The molecule has 2 N–H and O–H groups in total. The molecular weight excluding hydrogens is 238 g/mol. The van der Waals surface area contributed by atoms with Crippen molar-refractivity contribution < 1.29 is 13.0 Å². The third-order valence-electron chi connectivity index (χ3n) is 2.98. The smallest absolute Gasteiger partial charge is 0.264 e. The molecule has 5 heteroatoms. The molecule has 17 heavy (non-hydrogen) atoms. The fourth-order valence-corrected chi connectivity index (χ4v) is 2.35. The van der Waals surface area contributed by atoms with Crippen LogP contribution in [0.5, 0.6) is 0 Å². The van der Waals surface area contributed by atoms with E-state index in [4.69, 9.17) is 4.55 Å². The van der Waals surface area contributed by atoms with E-state index in [2.05, 4.69) is 19.2 Å². The van der Waals surface area contributed by atoms with E-state index in [1.165, 1.54) is 25.7 Å². The SMILES string of the molecule is CCCC[C@H](CC)CNCCCCS(=O)(=O)O.